The number of H-pyrrole nitrogens is 1. The van der Waals surface area contributed by atoms with Crippen molar-refractivity contribution >= 4 is 38.7 Å². The van der Waals surface area contributed by atoms with Gasteiger partial charge >= 0.3 is 0 Å². The zero-order valence-electron chi connectivity index (χ0n) is 9.04. The van der Waals surface area contributed by atoms with E-state index in [0.717, 1.165) is 0 Å². The number of rotatable bonds is 4. The number of nitrogens with zero attached hydrogens (tertiary/aromatic N) is 3. The maximum Gasteiger partial charge on any atom is 0.223 e. The van der Waals surface area contributed by atoms with Gasteiger partial charge in [-0.25, -0.2) is 18.4 Å². The highest BCUT2D eigenvalue weighted by atomic mass is 32.2. The van der Waals surface area contributed by atoms with E-state index in [1.54, 1.807) is 0 Å². The third-order valence-electron chi connectivity index (χ3n) is 1.96. The molecule has 0 amide bonds. The van der Waals surface area contributed by atoms with Crippen LogP contribution in [0, 0.1) is 0 Å². The Bertz CT molecular complexity index is 636. The second kappa shape index (κ2) is 4.49. The first-order valence-electron chi connectivity index (χ1n) is 4.73. The standard InChI is InChI=1S/C8H11N5O2S2/c1-17(14,15)3-2-16-7-5-6(11-4-10-5)12-8(9)13-7/h4H,2-3H2,1H3,(H3,9,10,11,12,13). The van der Waals surface area contributed by atoms with Gasteiger partial charge in [0.15, 0.2) is 5.65 Å². The van der Waals surface area contributed by atoms with E-state index >= 15 is 0 Å². The van der Waals surface area contributed by atoms with E-state index in [-0.39, 0.29) is 11.7 Å². The first kappa shape index (κ1) is 12.1. The molecule has 2 rings (SSSR count). The molecule has 0 fully saturated rings. The lowest BCUT2D eigenvalue weighted by Gasteiger charge is -2.02. The zero-order chi connectivity index (χ0) is 12.5. The molecule has 0 saturated heterocycles. The largest absolute Gasteiger partial charge is 0.368 e. The minimum atomic E-state index is -2.97. The molecule has 0 unspecified atom stereocenters. The number of fused-ring (bicyclic) bond motifs is 1. The number of nitrogens with one attached hydrogen (secondary N) is 1. The predicted molar refractivity (Wildman–Crippen MR) is 66.5 cm³/mol. The molecule has 2 aromatic rings. The van der Waals surface area contributed by atoms with Crippen LogP contribution in [-0.2, 0) is 9.84 Å². The van der Waals surface area contributed by atoms with E-state index in [9.17, 15) is 8.42 Å². The fourth-order valence-electron chi connectivity index (χ4n) is 1.22. The quantitative estimate of drug-likeness (QED) is 0.598. The van der Waals surface area contributed by atoms with E-state index in [4.69, 9.17) is 5.73 Å². The van der Waals surface area contributed by atoms with Gasteiger partial charge in [-0.2, -0.15) is 4.98 Å². The summed E-state index contributed by atoms with van der Waals surface area (Å²) in [4.78, 5) is 14.9. The number of thioether (sulfide) groups is 1. The van der Waals surface area contributed by atoms with Crippen LogP contribution in [0.25, 0.3) is 11.2 Å². The topological polar surface area (TPSA) is 115 Å². The van der Waals surface area contributed by atoms with Crippen LogP contribution in [0.3, 0.4) is 0 Å². The van der Waals surface area contributed by atoms with Crippen LogP contribution in [-0.4, -0.2) is 46.1 Å². The third kappa shape index (κ3) is 3.07. The third-order valence-corrected chi connectivity index (χ3v) is 4.14. The van der Waals surface area contributed by atoms with E-state index in [1.807, 2.05) is 0 Å². The molecule has 92 valence electrons. The molecule has 0 aliphatic heterocycles. The number of aromatic nitrogens is 4. The van der Waals surface area contributed by atoms with E-state index in [2.05, 4.69) is 19.9 Å². The zero-order valence-corrected chi connectivity index (χ0v) is 10.7. The number of sulfone groups is 1. The summed E-state index contributed by atoms with van der Waals surface area (Å²) in [5.41, 5.74) is 6.70. The summed E-state index contributed by atoms with van der Waals surface area (Å²) in [6.07, 6.45) is 2.70. The summed E-state index contributed by atoms with van der Waals surface area (Å²) in [7, 11) is -2.97. The Kier molecular flexibility index (Phi) is 3.20. The van der Waals surface area contributed by atoms with Crippen molar-refractivity contribution in [3.8, 4) is 0 Å². The maximum absolute atomic E-state index is 11.0. The Morgan fingerprint density at radius 2 is 2.24 bits per heavy atom. The minimum absolute atomic E-state index is 0.0944. The number of anilines is 1. The highest BCUT2D eigenvalue weighted by Crippen LogP contribution is 2.23. The molecule has 2 heterocycles. The maximum atomic E-state index is 11.0. The molecule has 2 aromatic heterocycles. The molecule has 17 heavy (non-hydrogen) atoms. The lowest BCUT2D eigenvalue weighted by Crippen LogP contribution is -2.05. The van der Waals surface area contributed by atoms with Crippen molar-refractivity contribution in [1.29, 1.82) is 0 Å². The van der Waals surface area contributed by atoms with Gasteiger partial charge in [-0.05, 0) is 0 Å². The van der Waals surface area contributed by atoms with Gasteiger partial charge in [-0.1, -0.05) is 0 Å². The summed E-state index contributed by atoms with van der Waals surface area (Å²) in [5.74, 6) is 0.645. The fourth-order valence-corrected chi connectivity index (χ4v) is 3.41. The lowest BCUT2D eigenvalue weighted by atomic mass is 10.5. The van der Waals surface area contributed by atoms with Gasteiger partial charge in [-0.15, -0.1) is 11.8 Å². The Balaban J connectivity index is 2.20. The van der Waals surface area contributed by atoms with Crippen molar-refractivity contribution in [2.75, 3.05) is 23.5 Å². The SMILES string of the molecule is CS(=O)(=O)CCSc1nc(N)nc2nc[nH]c12. The Labute approximate surface area is 102 Å². The molecule has 0 bridgehead atoms. The molecule has 7 nitrogen and oxygen atoms in total. The van der Waals surface area contributed by atoms with Crippen molar-refractivity contribution in [2.45, 2.75) is 5.03 Å². The van der Waals surface area contributed by atoms with Crippen LogP contribution in [0.1, 0.15) is 0 Å². The van der Waals surface area contributed by atoms with Crippen molar-refractivity contribution in [3.63, 3.8) is 0 Å². The van der Waals surface area contributed by atoms with Gasteiger partial charge < -0.3 is 10.7 Å². The van der Waals surface area contributed by atoms with E-state index < -0.39 is 9.84 Å². The monoisotopic (exact) mass is 273 g/mol. The van der Waals surface area contributed by atoms with Crippen LogP contribution in [0.2, 0.25) is 0 Å². The highest BCUT2D eigenvalue weighted by Gasteiger charge is 2.10. The molecule has 0 saturated carbocycles. The molecule has 0 aromatic carbocycles. The highest BCUT2D eigenvalue weighted by molar-refractivity contribution is 8.00. The van der Waals surface area contributed by atoms with Gasteiger partial charge in [-0.3, -0.25) is 0 Å². The smallest absolute Gasteiger partial charge is 0.223 e. The average Bonchev–Trinajstić information content (AvgIpc) is 2.63. The number of imidazole rings is 1. The molecular weight excluding hydrogens is 262 g/mol. The number of hydrogen-bond acceptors (Lipinski definition) is 7. The lowest BCUT2D eigenvalue weighted by molar-refractivity contribution is 0.603. The van der Waals surface area contributed by atoms with Crippen molar-refractivity contribution in [2.24, 2.45) is 0 Å². The summed E-state index contributed by atoms with van der Waals surface area (Å²) in [6, 6.07) is 0. The van der Waals surface area contributed by atoms with Gasteiger partial charge in [0.1, 0.15) is 20.4 Å². The summed E-state index contributed by atoms with van der Waals surface area (Å²) in [5, 5.41) is 0.619. The normalized spacial score (nSPS) is 12.1. The first-order chi connectivity index (χ1) is 7.96. The van der Waals surface area contributed by atoms with Gasteiger partial charge in [0, 0.05) is 12.0 Å². The number of nitrogen functional groups attached to an aromatic ring is 1. The molecule has 9 heteroatoms. The Morgan fingerprint density at radius 1 is 1.47 bits per heavy atom. The van der Waals surface area contributed by atoms with Gasteiger partial charge in [0.05, 0.1) is 12.1 Å². The van der Waals surface area contributed by atoms with Crippen LogP contribution in [0.4, 0.5) is 5.95 Å². The van der Waals surface area contributed by atoms with E-state index in [0.29, 0.717) is 21.9 Å². The molecular formula is C8H11N5O2S2. The van der Waals surface area contributed by atoms with Crippen LogP contribution in [0.15, 0.2) is 11.4 Å². The Morgan fingerprint density at radius 3 is 2.94 bits per heavy atom. The molecule has 0 atom stereocenters. The molecule has 0 spiro atoms. The van der Waals surface area contributed by atoms with Crippen LogP contribution >= 0.6 is 11.8 Å². The summed E-state index contributed by atoms with van der Waals surface area (Å²) >= 11 is 1.31. The van der Waals surface area contributed by atoms with Crippen molar-refractivity contribution < 1.29 is 8.42 Å². The van der Waals surface area contributed by atoms with Crippen LogP contribution in [0.5, 0.6) is 0 Å². The summed E-state index contributed by atoms with van der Waals surface area (Å²) < 4.78 is 22.0. The molecule has 3 N–H and O–H groups in total. The second-order valence-electron chi connectivity index (χ2n) is 3.47. The molecule has 0 aliphatic carbocycles. The number of nitrogens with two attached hydrogens (primary N) is 1. The van der Waals surface area contributed by atoms with Crippen LogP contribution < -0.4 is 5.73 Å². The predicted octanol–water partition coefficient (Wildman–Crippen LogP) is 0.0718. The van der Waals surface area contributed by atoms with E-state index in [1.165, 1.54) is 24.3 Å². The fraction of sp³-hybridized carbons (Fsp3) is 0.375. The molecule has 0 aliphatic rings. The molecule has 0 radical (unpaired) electrons. The number of aromatic amines is 1. The first-order valence-corrected chi connectivity index (χ1v) is 7.77. The number of hydrogen-bond donors (Lipinski definition) is 2. The Hall–Kier alpha value is -1.35. The summed E-state index contributed by atoms with van der Waals surface area (Å²) in [6.45, 7) is 0. The minimum Gasteiger partial charge on any atom is -0.368 e. The van der Waals surface area contributed by atoms with Crippen molar-refractivity contribution in [1.82, 2.24) is 19.9 Å². The van der Waals surface area contributed by atoms with Gasteiger partial charge in [0.25, 0.3) is 0 Å². The average molecular weight is 273 g/mol. The van der Waals surface area contributed by atoms with Crippen molar-refractivity contribution in [3.05, 3.63) is 6.33 Å². The second-order valence-corrected chi connectivity index (χ2v) is 6.81. The van der Waals surface area contributed by atoms with Gasteiger partial charge in [0.2, 0.25) is 5.95 Å².